The number of likely N-dealkylation sites (tertiary alicyclic amines) is 1. The summed E-state index contributed by atoms with van der Waals surface area (Å²) in [5, 5.41) is 13.3. The molecule has 4 fully saturated rings. The monoisotopic (exact) mass is 859 g/mol. The molecule has 63 heavy (non-hydrogen) atoms. The minimum Gasteiger partial charge on any atom is -0.374 e. The number of halogens is 2. The largest absolute Gasteiger partial charge is 0.374 e. The van der Waals surface area contributed by atoms with Gasteiger partial charge >= 0.3 is 5.69 Å². The maximum atomic E-state index is 14.2. The van der Waals surface area contributed by atoms with Gasteiger partial charge in [0.1, 0.15) is 24.0 Å². The predicted octanol–water partition coefficient (Wildman–Crippen LogP) is 3.75. The van der Waals surface area contributed by atoms with Gasteiger partial charge in [0.25, 0.3) is 12.3 Å². The minimum absolute atomic E-state index is 0.0346. The van der Waals surface area contributed by atoms with Crippen molar-refractivity contribution in [3.05, 3.63) is 100.0 Å². The lowest BCUT2D eigenvalue weighted by Gasteiger charge is -2.31. The first kappa shape index (κ1) is 40.3. The van der Waals surface area contributed by atoms with Gasteiger partial charge in [0.15, 0.2) is 11.3 Å². The number of para-hydroxylation sites is 1. The fourth-order valence-electron chi connectivity index (χ4n) is 9.13. The molecule has 2 aromatic carbocycles. The van der Waals surface area contributed by atoms with E-state index in [9.17, 15) is 28.0 Å². The second kappa shape index (κ2) is 16.5. The third-order valence-electron chi connectivity index (χ3n) is 12.4. The van der Waals surface area contributed by atoms with Gasteiger partial charge in [0, 0.05) is 45.8 Å². The van der Waals surface area contributed by atoms with Gasteiger partial charge in [0.05, 0.1) is 65.2 Å². The average molecular weight is 860 g/mol. The van der Waals surface area contributed by atoms with Crippen LogP contribution in [0.2, 0.25) is 0 Å². The standard InChI is InChI=1S/C44H43F2N11O6/c1-52-39-27(4-2-6-34(39)57(44(52)61)35-11-12-37(58)50-43(35)60)5-3-19-62-30-13-16-53(17-14-30)22-26-7-9-28(10-8-26)56-24-33(38(51-56)40(45)46)48-42(59)32-21-47-55-18-15-36(49-41(32)55)54-23-31-20-29(54)25-63-31/h2,4,6-10,15,18,21,24,29-31,35,40H,11-14,16-17,19-20,22-23,25H2,1H3,(H,48,59)(H,50,58,60)/t29-,31?,35?/m1/s1. The summed E-state index contributed by atoms with van der Waals surface area (Å²) in [6.07, 6.45) is 4.75. The highest BCUT2D eigenvalue weighted by atomic mass is 19.3. The highest BCUT2D eigenvalue weighted by Crippen LogP contribution is 2.33. The Bertz CT molecular complexity index is 2880. The molecule has 0 spiro atoms. The van der Waals surface area contributed by atoms with Crippen LogP contribution < -0.4 is 21.2 Å². The number of hydrogen-bond donors (Lipinski definition) is 2. The normalized spacial score (nSPS) is 20.5. The first-order valence-electron chi connectivity index (χ1n) is 21.0. The number of anilines is 2. The summed E-state index contributed by atoms with van der Waals surface area (Å²) in [7, 11) is 1.65. The van der Waals surface area contributed by atoms with Gasteiger partial charge in [0.2, 0.25) is 11.8 Å². The number of carbonyl (C=O) groups is 3. The molecule has 324 valence electrons. The Morgan fingerprint density at radius 3 is 2.65 bits per heavy atom. The fourth-order valence-corrected chi connectivity index (χ4v) is 9.13. The van der Waals surface area contributed by atoms with Gasteiger partial charge in [-0.2, -0.15) is 10.2 Å². The molecule has 0 aliphatic carbocycles. The molecule has 4 saturated heterocycles. The number of imidazole rings is 1. The Kier molecular flexibility index (Phi) is 10.6. The first-order chi connectivity index (χ1) is 30.6. The van der Waals surface area contributed by atoms with Crippen LogP contribution in [0.4, 0.5) is 20.3 Å². The summed E-state index contributed by atoms with van der Waals surface area (Å²) < 4.78 is 46.1. The molecule has 0 saturated carbocycles. The predicted molar refractivity (Wildman–Crippen MR) is 225 cm³/mol. The number of benzene rings is 2. The van der Waals surface area contributed by atoms with E-state index >= 15 is 0 Å². The smallest absolute Gasteiger partial charge is 0.329 e. The number of fused-ring (bicyclic) bond motifs is 4. The molecule has 17 nitrogen and oxygen atoms in total. The van der Waals surface area contributed by atoms with Crippen molar-refractivity contribution < 1.29 is 32.6 Å². The van der Waals surface area contributed by atoms with E-state index in [4.69, 9.17) is 14.5 Å². The lowest BCUT2D eigenvalue weighted by Crippen LogP contribution is -2.44. The van der Waals surface area contributed by atoms with E-state index in [0.717, 1.165) is 44.5 Å². The summed E-state index contributed by atoms with van der Waals surface area (Å²) in [6, 6.07) is 14.2. The average Bonchev–Trinajstić information content (AvgIpc) is 4.13. The molecule has 3 amide bonds. The van der Waals surface area contributed by atoms with Gasteiger partial charge in [-0.1, -0.05) is 30.0 Å². The Balaban J connectivity index is 0.735. The molecule has 2 bridgehead atoms. The number of nitrogens with one attached hydrogen (secondary N) is 2. The lowest BCUT2D eigenvalue weighted by molar-refractivity contribution is -0.135. The van der Waals surface area contributed by atoms with Crippen LogP contribution in [-0.4, -0.2) is 107 Å². The van der Waals surface area contributed by atoms with Crippen molar-refractivity contribution in [2.24, 2.45) is 7.05 Å². The number of rotatable bonds is 10. The van der Waals surface area contributed by atoms with Gasteiger partial charge in [-0.15, -0.1) is 0 Å². The van der Waals surface area contributed by atoms with Crippen LogP contribution in [0.3, 0.4) is 0 Å². The van der Waals surface area contributed by atoms with Crippen molar-refractivity contribution in [2.75, 3.05) is 43.1 Å². The zero-order valence-corrected chi connectivity index (χ0v) is 34.2. The van der Waals surface area contributed by atoms with Crippen molar-refractivity contribution >= 4 is 45.9 Å². The minimum atomic E-state index is -2.93. The quantitative estimate of drug-likeness (QED) is 0.152. The zero-order chi connectivity index (χ0) is 43.4. The third kappa shape index (κ3) is 7.74. The summed E-state index contributed by atoms with van der Waals surface area (Å²) >= 11 is 0. The van der Waals surface area contributed by atoms with Gasteiger partial charge < -0.3 is 19.7 Å². The molecule has 4 aromatic heterocycles. The van der Waals surface area contributed by atoms with Gasteiger partial charge in [-0.25, -0.2) is 27.8 Å². The molecule has 2 unspecified atom stereocenters. The van der Waals surface area contributed by atoms with E-state index in [2.05, 4.69) is 42.5 Å². The van der Waals surface area contributed by atoms with Crippen molar-refractivity contribution in [3.63, 3.8) is 0 Å². The number of ether oxygens (including phenoxy) is 2. The van der Waals surface area contributed by atoms with E-state index in [1.165, 1.54) is 30.7 Å². The molecule has 3 atom stereocenters. The molecule has 10 rings (SSSR count). The maximum Gasteiger partial charge on any atom is 0.329 e. The number of imide groups is 1. The number of aromatic nitrogens is 7. The summed E-state index contributed by atoms with van der Waals surface area (Å²) in [4.78, 5) is 60.2. The van der Waals surface area contributed by atoms with E-state index in [1.807, 2.05) is 36.4 Å². The van der Waals surface area contributed by atoms with Crippen LogP contribution in [0, 0.1) is 11.8 Å². The van der Waals surface area contributed by atoms with Crippen molar-refractivity contribution in [1.82, 2.24) is 43.7 Å². The van der Waals surface area contributed by atoms with Crippen LogP contribution in [0.5, 0.6) is 0 Å². The van der Waals surface area contributed by atoms with Crippen molar-refractivity contribution in [1.29, 1.82) is 0 Å². The number of piperidine rings is 2. The number of aryl methyl sites for hydroxylation is 1. The van der Waals surface area contributed by atoms with Crippen LogP contribution in [0.25, 0.3) is 22.4 Å². The van der Waals surface area contributed by atoms with E-state index in [-0.39, 0.29) is 60.5 Å². The number of amides is 3. The van der Waals surface area contributed by atoms with Crippen molar-refractivity contribution in [3.8, 4) is 17.5 Å². The molecular weight excluding hydrogens is 817 g/mol. The third-order valence-corrected chi connectivity index (χ3v) is 12.4. The van der Waals surface area contributed by atoms with E-state index < -0.39 is 30.0 Å². The molecule has 0 radical (unpaired) electrons. The number of carbonyl (C=O) groups excluding carboxylic acids is 3. The molecule has 19 heteroatoms. The summed E-state index contributed by atoms with van der Waals surface area (Å²) in [6.45, 7) is 3.88. The lowest BCUT2D eigenvalue weighted by atomic mass is 10.1. The van der Waals surface area contributed by atoms with Gasteiger partial charge in [-0.3, -0.25) is 33.7 Å². The second-order valence-corrected chi connectivity index (χ2v) is 16.3. The molecule has 6 aromatic rings. The molecule has 4 aliphatic rings. The number of hydrogen-bond acceptors (Lipinski definition) is 11. The topological polar surface area (TPSA) is 175 Å². The highest BCUT2D eigenvalue weighted by molar-refractivity contribution is 6.08. The van der Waals surface area contributed by atoms with E-state index in [0.29, 0.717) is 46.9 Å². The summed E-state index contributed by atoms with van der Waals surface area (Å²) in [5.41, 5.74) is 2.91. The van der Waals surface area contributed by atoms with E-state index in [1.54, 1.807) is 25.4 Å². The SMILES string of the molecule is Cn1c(=O)n(C2CCC(=O)NC2=O)c2cccc(C#CCOC3CCN(Cc4ccc(-n5cc(NC(=O)c6cnn7ccc(N8CC9C[C@@H]8CO9)nc67)c(C(F)F)n5)cc4)CC3)c21. The first-order valence-corrected chi connectivity index (χ1v) is 21.0. The fraction of sp³-hybridized carbons (Fsp3) is 0.386. The Morgan fingerprint density at radius 2 is 1.90 bits per heavy atom. The Morgan fingerprint density at radius 1 is 1.08 bits per heavy atom. The number of nitrogens with zero attached hydrogens (tertiary/aromatic N) is 9. The number of alkyl halides is 2. The maximum absolute atomic E-state index is 14.2. The van der Waals surface area contributed by atoms with Crippen molar-refractivity contribution in [2.45, 2.75) is 69.4 Å². The molecule has 2 N–H and O–H groups in total. The Hall–Kier alpha value is -6.75. The molecule has 4 aliphatic heterocycles. The highest BCUT2D eigenvalue weighted by Gasteiger charge is 2.40. The molecular formula is C44H43F2N11O6. The van der Waals surface area contributed by atoms with Crippen LogP contribution in [-0.2, 0) is 32.7 Å². The summed E-state index contributed by atoms with van der Waals surface area (Å²) in [5.74, 6) is 5.50. The molecule has 8 heterocycles. The second-order valence-electron chi connectivity index (χ2n) is 16.3. The van der Waals surface area contributed by atoms with Gasteiger partial charge in [-0.05, 0) is 61.6 Å². The zero-order valence-electron chi connectivity index (χ0n) is 34.2. The van der Waals surface area contributed by atoms with Crippen LogP contribution in [0.15, 0.2) is 71.9 Å². The van der Waals surface area contributed by atoms with Crippen LogP contribution >= 0.6 is 0 Å². The van der Waals surface area contributed by atoms with Crippen LogP contribution in [0.1, 0.15) is 71.8 Å². The Labute approximate surface area is 358 Å². The number of morpholine rings is 1.